The van der Waals surface area contributed by atoms with Crippen LogP contribution in [0.2, 0.25) is 5.02 Å². The number of hydrogen-bond acceptors (Lipinski definition) is 2. The second-order valence-corrected chi connectivity index (χ2v) is 5.31. The van der Waals surface area contributed by atoms with Gasteiger partial charge >= 0.3 is 0 Å². The predicted octanol–water partition coefficient (Wildman–Crippen LogP) is 3.77. The number of halogens is 1. The molecule has 1 aliphatic carbocycles. The minimum atomic E-state index is 0.538. The molecule has 0 aromatic heterocycles. The van der Waals surface area contributed by atoms with E-state index in [-0.39, 0.29) is 0 Å². The van der Waals surface area contributed by atoms with E-state index >= 15 is 0 Å². The number of nitrogens with two attached hydrogens (primary N) is 1. The fourth-order valence-electron chi connectivity index (χ4n) is 2.42. The molecule has 1 aromatic rings. The van der Waals surface area contributed by atoms with Crippen LogP contribution in [0.3, 0.4) is 0 Å². The molecule has 0 amide bonds. The van der Waals surface area contributed by atoms with Crippen molar-refractivity contribution >= 4 is 23.0 Å². The summed E-state index contributed by atoms with van der Waals surface area (Å²) in [6, 6.07) is 6.19. The van der Waals surface area contributed by atoms with Crippen LogP contribution in [0.25, 0.3) is 0 Å². The van der Waals surface area contributed by atoms with Crippen LogP contribution in [0.4, 0.5) is 11.4 Å². The van der Waals surface area contributed by atoms with E-state index in [1.54, 1.807) is 6.07 Å². The Morgan fingerprint density at radius 1 is 1.31 bits per heavy atom. The van der Waals surface area contributed by atoms with Gasteiger partial charge in [0.1, 0.15) is 0 Å². The quantitative estimate of drug-likeness (QED) is 0.770. The first kappa shape index (κ1) is 11.6. The zero-order valence-electron chi connectivity index (χ0n) is 9.83. The van der Waals surface area contributed by atoms with Crippen molar-refractivity contribution < 1.29 is 0 Å². The van der Waals surface area contributed by atoms with Crippen LogP contribution in [0.5, 0.6) is 0 Å². The van der Waals surface area contributed by atoms with Crippen molar-refractivity contribution in [3.05, 3.63) is 23.2 Å². The summed E-state index contributed by atoms with van der Waals surface area (Å²) in [4.78, 5) is 0. The molecular weight excluding hydrogens is 220 g/mol. The van der Waals surface area contributed by atoms with Crippen molar-refractivity contribution in [3.8, 4) is 0 Å². The lowest BCUT2D eigenvalue weighted by Gasteiger charge is -2.21. The molecule has 1 aromatic carbocycles. The highest BCUT2D eigenvalue weighted by molar-refractivity contribution is 6.33. The maximum Gasteiger partial charge on any atom is 0.0658 e. The molecule has 16 heavy (non-hydrogen) atoms. The van der Waals surface area contributed by atoms with E-state index in [0.29, 0.717) is 22.7 Å². The number of hydrogen-bond donors (Lipinski definition) is 2. The molecule has 0 heterocycles. The number of nitrogens with one attached hydrogen (secondary N) is 1. The molecule has 3 heteroatoms. The SMILES string of the molecule is CC1CCC(Nc2ccc(N)cc2Cl)C1C. The van der Waals surface area contributed by atoms with Gasteiger partial charge in [-0.15, -0.1) is 0 Å². The third-order valence-electron chi connectivity index (χ3n) is 3.80. The molecule has 1 fully saturated rings. The Morgan fingerprint density at radius 2 is 2.06 bits per heavy atom. The fourth-order valence-corrected chi connectivity index (χ4v) is 2.66. The number of benzene rings is 1. The highest BCUT2D eigenvalue weighted by Gasteiger charge is 2.29. The monoisotopic (exact) mass is 238 g/mol. The lowest BCUT2D eigenvalue weighted by molar-refractivity contribution is 0.435. The van der Waals surface area contributed by atoms with Gasteiger partial charge in [-0.25, -0.2) is 0 Å². The summed E-state index contributed by atoms with van der Waals surface area (Å²) in [5.41, 5.74) is 7.39. The van der Waals surface area contributed by atoms with Gasteiger partial charge in [-0.05, 0) is 42.9 Å². The van der Waals surface area contributed by atoms with E-state index in [2.05, 4.69) is 19.2 Å². The average molecular weight is 239 g/mol. The van der Waals surface area contributed by atoms with Gasteiger partial charge < -0.3 is 11.1 Å². The van der Waals surface area contributed by atoms with Crippen molar-refractivity contribution in [2.24, 2.45) is 11.8 Å². The van der Waals surface area contributed by atoms with Gasteiger partial charge in [0.05, 0.1) is 10.7 Å². The summed E-state index contributed by atoms with van der Waals surface area (Å²) < 4.78 is 0. The van der Waals surface area contributed by atoms with Crippen LogP contribution in [0.15, 0.2) is 18.2 Å². The largest absolute Gasteiger partial charge is 0.399 e. The molecule has 88 valence electrons. The lowest BCUT2D eigenvalue weighted by Crippen LogP contribution is -2.24. The normalized spacial score (nSPS) is 29.3. The Labute approximate surface area is 102 Å². The molecule has 0 radical (unpaired) electrons. The van der Waals surface area contributed by atoms with Crippen LogP contribution < -0.4 is 11.1 Å². The van der Waals surface area contributed by atoms with Crippen LogP contribution in [0.1, 0.15) is 26.7 Å². The summed E-state index contributed by atoms with van der Waals surface area (Å²) in [5.74, 6) is 1.50. The van der Waals surface area contributed by atoms with Crippen LogP contribution >= 0.6 is 11.6 Å². The molecule has 1 aliphatic rings. The standard InChI is InChI=1S/C13H19ClN2/c1-8-3-5-12(9(8)2)16-13-6-4-10(15)7-11(13)14/h4,6-9,12,16H,3,5,15H2,1-2H3. The van der Waals surface area contributed by atoms with Gasteiger partial charge in [0, 0.05) is 11.7 Å². The fraction of sp³-hybridized carbons (Fsp3) is 0.538. The molecule has 3 unspecified atom stereocenters. The maximum atomic E-state index is 6.15. The van der Waals surface area contributed by atoms with Crippen molar-refractivity contribution in [2.75, 3.05) is 11.1 Å². The molecule has 1 saturated carbocycles. The molecule has 0 bridgehead atoms. The van der Waals surface area contributed by atoms with Gasteiger partial charge in [-0.3, -0.25) is 0 Å². The van der Waals surface area contributed by atoms with Crippen molar-refractivity contribution in [1.82, 2.24) is 0 Å². The first-order valence-electron chi connectivity index (χ1n) is 5.89. The average Bonchev–Trinajstić information content (AvgIpc) is 2.54. The van der Waals surface area contributed by atoms with E-state index in [9.17, 15) is 0 Å². The van der Waals surface area contributed by atoms with Crippen molar-refractivity contribution in [3.63, 3.8) is 0 Å². The second kappa shape index (κ2) is 4.54. The van der Waals surface area contributed by atoms with E-state index in [4.69, 9.17) is 17.3 Å². The van der Waals surface area contributed by atoms with E-state index in [1.165, 1.54) is 12.8 Å². The second-order valence-electron chi connectivity index (χ2n) is 4.90. The zero-order chi connectivity index (χ0) is 11.7. The first-order chi connectivity index (χ1) is 7.58. The van der Waals surface area contributed by atoms with Gasteiger partial charge in [0.15, 0.2) is 0 Å². The summed E-state index contributed by atoms with van der Waals surface area (Å²) in [6.45, 7) is 4.62. The summed E-state index contributed by atoms with van der Waals surface area (Å²) in [5, 5.41) is 4.24. The topological polar surface area (TPSA) is 38.0 Å². The smallest absolute Gasteiger partial charge is 0.0658 e. The van der Waals surface area contributed by atoms with Crippen LogP contribution in [0, 0.1) is 11.8 Å². The minimum absolute atomic E-state index is 0.538. The highest BCUT2D eigenvalue weighted by atomic mass is 35.5. The number of rotatable bonds is 2. The molecular formula is C13H19ClN2. The number of nitrogen functional groups attached to an aromatic ring is 1. The van der Waals surface area contributed by atoms with Crippen molar-refractivity contribution in [2.45, 2.75) is 32.7 Å². The van der Waals surface area contributed by atoms with E-state index < -0.39 is 0 Å². The lowest BCUT2D eigenvalue weighted by atomic mass is 9.97. The van der Waals surface area contributed by atoms with E-state index in [1.807, 2.05) is 12.1 Å². The third-order valence-corrected chi connectivity index (χ3v) is 4.11. The van der Waals surface area contributed by atoms with Gasteiger partial charge in [-0.1, -0.05) is 25.4 Å². The molecule has 0 saturated heterocycles. The summed E-state index contributed by atoms with van der Waals surface area (Å²) in [7, 11) is 0. The molecule has 2 nitrogen and oxygen atoms in total. The molecule has 3 N–H and O–H groups in total. The Bertz CT molecular complexity index is 378. The third kappa shape index (κ3) is 2.27. The molecule has 0 spiro atoms. The number of anilines is 2. The zero-order valence-corrected chi connectivity index (χ0v) is 10.6. The Kier molecular flexibility index (Phi) is 3.29. The Hall–Kier alpha value is -0.890. The summed E-state index contributed by atoms with van der Waals surface area (Å²) in [6.07, 6.45) is 2.52. The summed E-state index contributed by atoms with van der Waals surface area (Å²) >= 11 is 6.15. The van der Waals surface area contributed by atoms with Crippen molar-refractivity contribution in [1.29, 1.82) is 0 Å². The highest BCUT2D eigenvalue weighted by Crippen LogP contribution is 2.35. The van der Waals surface area contributed by atoms with Gasteiger partial charge in [0.2, 0.25) is 0 Å². The molecule has 3 atom stereocenters. The molecule has 2 rings (SSSR count). The van der Waals surface area contributed by atoms with Crippen LogP contribution in [-0.4, -0.2) is 6.04 Å². The first-order valence-corrected chi connectivity index (χ1v) is 6.27. The van der Waals surface area contributed by atoms with Gasteiger partial charge in [-0.2, -0.15) is 0 Å². The molecule has 0 aliphatic heterocycles. The maximum absolute atomic E-state index is 6.15. The van der Waals surface area contributed by atoms with E-state index in [0.717, 1.165) is 11.6 Å². The Balaban J connectivity index is 2.09. The van der Waals surface area contributed by atoms with Gasteiger partial charge in [0.25, 0.3) is 0 Å². The minimum Gasteiger partial charge on any atom is -0.399 e. The predicted molar refractivity (Wildman–Crippen MR) is 70.8 cm³/mol. The Morgan fingerprint density at radius 3 is 2.62 bits per heavy atom. The van der Waals surface area contributed by atoms with Crippen LogP contribution in [-0.2, 0) is 0 Å².